The van der Waals surface area contributed by atoms with Crippen LogP contribution in [-0.2, 0) is 14.3 Å². The topological polar surface area (TPSA) is 75.6 Å². The van der Waals surface area contributed by atoms with Crippen LogP contribution in [0.4, 0.5) is 13.2 Å². The molecule has 0 aromatic rings. The van der Waals surface area contributed by atoms with Gasteiger partial charge >= 0.3 is 18.1 Å². The number of amides is 1. The first-order chi connectivity index (χ1) is 6.84. The van der Waals surface area contributed by atoms with Crippen LogP contribution < -0.4 is 5.32 Å². The lowest BCUT2D eigenvalue weighted by molar-refractivity contribution is -0.173. The first kappa shape index (κ1) is 13.7. The monoisotopic (exact) mass is 229 g/mol. The molecule has 0 aliphatic heterocycles. The number of halogens is 3. The molecule has 0 saturated carbocycles. The highest BCUT2D eigenvalue weighted by Crippen LogP contribution is 2.13. The summed E-state index contributed by atoms with van der Waals surface area (Å²) >= 11 is 0. The molecule has 0 aliphatic carbocycles. The quantitative estimate of drug-likeness (QED) is 0.636. The van der Waals surface area contributed by atoms with Crippen LogP contribution in [0.5, 0.6) is 0 Å². The van der Waals surface area contributed by atoms with Gasteiger partial charge in [0.05, 0.1) is 19.6 Å². The highest BCUT2D eigenvalue weighted by atomic mass is 19.4. The zero-order chi connectivity index (χ0) is 11.9. The van der Waals surface area contributed by atoms with Gasteiger partial charge in [0, 0.05) is 6.54 Å². The van der Waals surface area contributed by atoms with Gasteiger partial charge in [-0.05, 0) is 0 Å². The second kappa shape index (κ2) is 6.23. The molecule has 0 atom stereocenters. The summed E-state index contributed by atoms with van der Waals surface area (Å²) in [5.41, 5.74) is 0. The van der Waals surface area contributed by atoms with Crippen LogP contribution >= 0.6 is 0 Å². The van der Waals surface area contributed by atoms with Crippen LogP contribution in [0.2, 0.25) is 0 Å². The summed E-state index contributed by atoms with van der Waals surface area (Å²) in [5, 5.41) is 9.74. The number of carbonyl (C=O) groups is 2. The van der Waals surface area contributed by atoms with Crippen LogP contribution in [0.3, 0.4) is 0 Å². The Kier molecular flexibility index (Phi) is 5.68. The van der Waals surface area contributed by atoms with Gasteiger partial charge in [0.2, 0.25) is 0 Å². The van der Waals surface area contributed by atoms with E-state index in [0.29, 0.717) is 0 Å². The van der Waals surface area contributed by atoms with Crippen LogP contribution in [-0.4, -0.2) is 42.9 Å². The van der Waals surface area contributed by atoms with E-state index in [0.717, 1.165) is 0 Å². The zero-order valence-electron chi connectivity index (χ0n) is 7.63. The number of hydrogen-bond donors (Lipinski definition) is 2. The molecule has 0 unspecified atom stereocenters. The van der Waals surface area contributed by atoms with E-state index in [4.69, 9.17) is 5.11 Å². The maximum absolute atomic E-state index is 11.6. The number of carboxylic acid groups (broad SMARTS) is 1. The molecule has 0 spiro atoms. The highest BCUT2D eigenvalue weighted by molar-refractivity contribution is 5.81. The molecule has 0 aromatic heterocycles. The van der Waals surface area contributed by atoms with Crippen molar-refractivity contribution in [3.05, 3.63) is 0 Å². The minimum absolute atomic E-state index is 0.1000. The third-order valence-corrected chi connectivity index (χ3v) is 1.25. The summed E-state index contributed by atoms with van der Waals surface area (Å²) in [5.74, 6) is -3.10. The molecule has 0 bridgehead atoms. The summed E-state index contributed by atoms with van der Waals surface area (Å²) in [7, 11) is 0. The van der Waals surface area contributed by atoms with E-state index < -0.39 is 18.1 Å². The molecule has 88 valence electrons. The van der Waals surface area contributed by atoms with Gasteiger partial charge in [0.15, 0.2) is 0 Å². The van der Waals surface area contributed by atoms with Gasteiger partial charge in [-0.2, -0.15) is 13.2 Å². The fraction of sp³-hybridized carbons (Fsp3) is 0.714. The van der Waals surface area contributed by atoms with Gasteiger partial charge in [-0.1, -0.05) is 0 Å². The largest absolute Gasteiger partial charge is 0.481 e. The average molecular weight is 229 g/mol. The van der Waals surface area contributed by atoms with E-state index in [1.165, 1.54) is 0 Å². The van der Waals surface area contributed by atoms with Gasteiger partial charge in [-0.25, -0.2) is 0 Å². The molecule has 2 N–H and O–H groups in total. The summed E-state index contributed by atoms with van der Waals surface area (Å²) in [4.78, 5) is 20.2. The third-order valence-electron chi connectivity index (χ3n) is 1.25. The Morgan fingerprint density at radius 3 is 2.33 bits per heavy atom. The van der Waals surface area contributed by atoms with Crippen molar-refractivity contribution < 1.29 is 32.6 Å². The number of hydrogen-bond acceptors (Lipinski definition) is 3. The minimum Gasteiger partial charge on any atom is -0.481 e. The summed E-state index contributed by atoms with van der Waals surface area (Å²) < 4.78 is 39.4. The van der Waals surface area contributed by atoms with Crippen molar-refractivity contribution >= 4 is 11.9 Å². The molecular formula is C7H10F3NO4. The van der Waals surface area contributed by atoms with Crippen molar-refractivity contribution in [1.29, 1.82) is 0 Å². The van der Waals surface area contributed by atoms with Gasteiger partial charge in [-0.15, -0.1) is 0 Å². The molecule has 1 amide bonds. The summed E-state index contributed by atoms with van der Waals surface area (Å²) in [6.45, 7) is -0.565. The van der Waals surface area contributed by atoms with Crippen molar-refractivity contribution in [3.63, 3.8) is 0 Å². The second-order valence-electron chi connectivity index (χ2n) is 2.51. The number of aliphatic carboxylic acids is 1. The van der Waals surface area contributed by atoms with E-state index in [-0.39, 0.29) is 26.2 Å². The first-order valence-electron chi connectivity index (χ1n) is 3.98. The smallest absolute Gasteiger partial charge is 0.471 e. The van der Waals surface area contributed by atoms with E-state index in [1.54, 1.807) is 5.32 Å². The molecule has 5 nitrogen and oxygen atoms in total. The molecular weight excluding hydrogens is 219 g/mol. The molecule has 0 fully saturated rings. The van der Waals surface area contributed by atoms with Crippen molar-refractivity contribution in [1.82, 2.24) is 5.32 Å². The van der Waals surface area contributed by atoms with Gasteiger partial charge in [-0.3, -0.25) is 9.59 Å². The Balaban J connectivity index is 3.40. The Morgan fingerprint density at radius 2 is 1.87 bits per heavy atom. The molecule has 0 aliphatic rings. The van der Waals surface area contributed by atoms with Crippen molar-refractivity contribution in [2.24, 2.45) is 0 Å². The number of carboxylic acids is 1. The lowest BCUT2D eigenvalue weighted by Crippen LogP contribution is -2.38. The predicted molar refractivity (Wildman–Crippen MR) is 42.1 cm³/mol. The van der Waals surface area contributed by atoms with Crippen LogP contribution in [0, 0.1) is 0 Å². The Bertz CT molecular complexity index is 229. The minimum atomic E-state index is -4.90. The van der Waals surface area contributed by atoms with E-state index in [2.05, 4.69) is 4.74 Å². The fourth-order valence-electron chi connectivity index (χ4n) is 0.598. The molecule has 0 rings (SSSR count). The lowest BCUT2D eigenvalue weighted by Gasteiger charge is -2.07. The Labute approximate surface area is 83.2 Å². The highest BCUT2D eigenvalue weighted by Gasteiger charge is 2.38. The number of nitrogens with one attached hydrogen (secondary N) is 1. The Hall–Kier alpha value is -1.31. The van der Waals surface area contributed by atoms with Crippen molar-refractivity contribution in [2.45, 2.75) is 12.6 Å². The average Bonchev–Trinajstić information content (AvgIpc) is 2.08. The lowest BCUT2D eigenvalue weighted by atomic mass is 10.5. The number of carbonyl (C=O) groups excluding carboxylic acids is 1. The standard InChI is InChI=1S/C7H10F3NO4/c8-7(9,10)6(14)11-2-4-15-3-1-5(12)13/h1-4H2,(H,11,14)(H,12,13). The Morgan fingerprint density at radius 1 is 1.27 bits per heavy atom. The molecule has 0 heterocycles. The van der Waals surface area contributed by atoms with E-state index in [9.17, 15) is 22.8 Å². The van der Waals surface area contributed by atoms with Gasteiger partial charge < -0.3 is 15.2 Å². The molecule has 8 heteroatoms. The molecule has 0 radical (unpaired) electrons. The van der Waals surface area contributed by atoms with Crippen LogP contribution in [0.25, 0.3) is 0 Å². The molecule has 15 heavy (non-hydrogen) atoms. The zero-order valence-corrected chi connectivity index (χ0v) is 7.63. The summed E-state index contributed by atoms with van der Waals surface area (Å²) in [6, 6.07) is 0. The maximum atomic E-state index is 11.6. The summed E-state index contributed by atoms with van der Waals surface area (Å²) in [6.07, 6.45) is -5.13. The van der Waals surface area contributed by atoms with Gasteiger partial charge in [0.25, 0.3) is 0 Å². The SMILES string of the molecule is O=C(O)CCOCCNC(=O)C(F)(F)F. The van der Waals surface area contributed by atoms with E-state index >= 15 is 0 Å². The van der Waals surface area contributed by atoms with E-state index in [1.807, 2.05) is 0 Å². The van der Waals surface area contributed by atoms with Crippen LogP contribution in [0.1, 0.15) is 6.42 Å². The normalized spacial score (nSPS) is 11.1. The fourth-order valence-corrected chi connectivity index (χ4v) is 0.598. The maximum Gasteiger partial charge on any atom is 0.471 e. The van der Waals surface area contributed by atoms with Crippen molar-refractivity contribution in [3.8, 4) is 0 Å². The predicted octanol–water partition coefficient (Wildman–Crippen LogP) is 0.156. The number of ether oxygens (including phenoxy) is 1. The van der Waals surface area contributed by atoms with Gasteiger partial charge in [0.1, 0.15) is 0 Å². The number of alkyl halides is 3. The van der Waals surface area contributed by atoms with Crippen LogP contribution in [0.15, 0.2) is 0 Å². The third kappa shape index (κ3) is 7.74. The molecule has 0 saturated heterocycles. The van der Waals surface area contributed by atoms with Crippen molar-refractivity contribution in [2.75, 3.05) is 19.8 Å². The number of rotatable bonds is 6. The second-order valence-corrected chi connectivity index (χ2v) is 2.51. The first-order valence-corrected chi connectivity index (χ1v) is 3.98. The molecule has 0 aromatic carbocycles.